The third kappa shape index (κ3) is 2.53. The maximum atomic E-state index is 11.8. The molecule has 1 aromatic rings. The van der Waals surface area contributed by atoms with E-state index in [9.17, 15) is 4.79 Å². The zero-order chi connectivity index (χ0) is 13.1. The van der Waals surface area contributed by atoms with Crippen molar-refractivity contribution in [3.8, 4) is 0 Å². The Morgan fingerprint density at radius 2 is 2.44 bits per heavy atom. The first-order valence-electron chi connectivity index (χ1n) is 5.78. The fourth-order valence-corrected chi connectivity index (χ4v) is 2.02. The van der Waals surface area contributed by atoms with Crippen molar-refractivity contribution in [1.29, 1.82) is 0 Å². The first-order valence-corrected chi connectivity index (χ1v) is 5.78. The number of nitrogens with two attached hydrogens (primary N) is 1. The third-order valence-electron chi connectivity index (χ3n) is 2.96. The topological polar surface area (TPSA) is 99.6 Å². The van der Waals surface area contributed by atoms with E-state index in [2.05, 4.69) is 4.98 Å². The molecule has 7 heteroatoms. The van der Waals surface area contributed by atoms with Crippen LogP contribution in [-0.4, -0.2) is 34.5 Å². The van der Waals surface area contributed by atoms with E-state index in [1.807, 2.05) is 0 Å². The van der Waals surface area contributed by atoms with E-state index in [0.29, 0.717) is 12.0 Å². The van der Waals surface area contributed by atoms with Crippen molar-refractivity contribution in [2.75, 3.05) is 19.5 Å². The molecule has 0 amide bonds. The van der Waals surface area contributed by atoms with Crippen LogP contribution in [0, 0.1) is 0 Å². The summed E-state index contributed by atoms with van der Waals surface area (Å²) in [5.74, 6) is 0.176. The van der Waals surface area contributed by atoms with Crippen LogP contribution in [0.1, 0.15) is 24.6 Å². The number of hydrogen-bond donors (Lipinski definition) is 2. The number of anilines is 1. The number of aromatic nitrogens is 2. The van der Waals surface area contributed by atoms with E-state index in [0.717, 1.165) is 6.42 Å². The Hall–Kier alpha value is -1.44. The van der Waals surface area contributed by atoms with Gasteiger partial charge in [-0.05, 0) is 12.8 Å². The van der Waals surface area contributed by atoms with Gasteiger partial charge in [-0.3, -0.25) is 4.57 Å². The lowest BCUT2D eigenvalue weighted by Gasteiger charge is -2.16. The number of ether oxygens (including phenoxy) is 2. The minimum Gasteiger partial charge on any atom is -0.394 e. The van der Waals surface area contributed by atoms with Gasteiger partial charge < -0.3 is 20.3 Å². The summed E-state index contributed by atoms with van der Waals surface area (Å²) in [6.45, 7) is 0.244. The molecule has 3 N–H and O–H groups in total. The van der Waals surface area contributed by atoms with Crippen LogP contribution < -0.4 is 11.4 Å². The molecule has 7 nitrogen and oxygen atoms in total. The molecule has 1 saturated heterocycles. The Morgan fingerprint density at radius 3 is 3.06 bits per heavy atom. The lowest BCUT2D eigenvalue weighted by atomic mass is 10.2. The summed E-state index contributed by atoms with van der Waals surface area (Å²) in [6, 6.07) is 0. The predicted octanol–water partition coefficient (Wildman–Crippen LogP) is -0.358. The van der Waals surface area contributed by atoms with E-state index in [-0.39, 0.29) is 25.1 Å². The Morgan fingerprint density at radius 1 is 1.67 bits per heavy atom. The van der Waals surface area contributed by atoms with Gasteiger partial charge in [-0.25, -0.2) is 4.79 Å². The molecular formula is C11H17N3O4. The van der Waals surface area contributed by atoms with Gasteiger partial charge in [-0.1, -0.05) is 0 Å². The molecule has 2 atom stereocenters. The third-order valence-corrected chi connectivity index (χ3v) is 2.96. The SMILES string of the molecule is COCc1cn([C@@H]2CC[C@@H](CO)O2)c(=O)nc1N. The van der Waals surface area contributed by atoms with Crippen molar-refractivity contribution in [2.24, 2.45) is 0 Å². The average molecular weight is 255 g/mol. The molecule has 1 aliphatic rings. The second-order valence-electron chi connectivity index (χ2n) is 4.25. The van der Waals surface area contributed by atoms with Crippen LogP contribution in [0.25, 0.3) is 0 Å². The van der Waals surface area contributed by atoms with Crippen LogP contribution in [0.4, 0.5) is 5.82 Å². The molecule has 0 radical (unpaired) electrons. The predicted molar refractivity (Wildman–Crippen MR) is 63.9 cm³/mol. The van der Waals surface area contributed by atoms with Crippen LogP contribution in [0.3, 0.4) is 0 Å². The van der Waals surface area contributed by atoms with E-state index < -0.39 is 11.9 Å². The van der Waals surface area contributed by atoms with Crippen LogP contribution in [0.5, 0.6) is 0 Å². The second kappa shape index (κ2) is 5.47. The van der Waals surface area contributed by atoms with Crippen LogP contribution in [-0.2, 0) is 16.1 Å². The number of nitrogen functional groups attached to an aromatic ring is 1. The first kappa shape index (κ1) is 13.0. The molecule has 1 aromatic heterocycles. The smallest absolute Gasteiger partial charge is 0.351 e. The van der Waals surface area contributed by atoms with Gasteiger partial charge in [0.25, 0.3) is 0 Å². The maximum Gasteiger partial charge on any atom is 0.351 e. The quantitative estimate of drug-likeness (QED) is 0.762. The van der Waals surface area contributed by atoms with E-state index in [1.165, 1.54) is 4.57 Å². The van der Waals surface area contributed by atoms with E-state index in [4.69, 9.17) is 20.3 Å². The molecule has 0 aromatic carbocycles. The Bertz CT molecular complexity index is 474. The lowest BCUT2D eigenvalue weighted by molar-refractivity contribution is -0.0247. The van der Waals surface area contributed by atoms with Gasteiger partial charge in [0.05, 0.1) is 19.3 Å². The molecule has 2 heterocycles. The van der Waals surface area contributed by atoms with Crippen LogP contribution in [0.2, 0.25) is 0 Å². The molecule has 2 rings (SSSR count). The van der Waals surface area contributed by atoms with Crippen molar-refractivity contribution < 1.29 is 14.6 Å². The summed E-state index contributed by atoms with van der Waals surface area (Å²) in [7, 11) is 1.54. The minimum absolute atomic E-state index is 0.0431. The molecule has 1 aliphatic heterocycles. The summed E-state index contributed by atoms with van der Waals surface area (Å²) < 4.78 is 11.9. The standard InChI is InChI=1S/C11H17N3O4/c1-17-6-7-4-14(11(16)13-10(7)12)9-3-2-8(5-15)18-9/h4,8-9,15H,2-3,5-6H2,1H3,(H2,12,13,16)/t8-,9-/m0/s1. The average Bonchev–Trinajstić information content (AvgIpc) is 2.81. The van der Waals surface area contributed by atoms with Crippen molar-refractivity contribution in [3.63, 3.8) is 0 Å². The van der Waals surface area contributed by atoms with Gasteiger partial charge in [0, 0.05) is 18.9 Å². The van der Waals surface area contributed by atoms with Crippen LogP contribution >= 0.6 is 0 Å². The number of aliphatic hydroxyl groups excluding tert-OH is 1. The molecule has 0 aliphatic carbocycles. The van der Waals surface area contributed by atoms with Gasteiger partial charge in [-0.2, -0.15) is 4.98 Å². The summed E-state index contributed by atoms with van der Waals surface area (Å²) in [6.07, 6.45) is 2.39. The van der Waals surface area contributed by atoms with Crippen molar-refractivity contribution >= 4 is 5.82 Å². The number of rotatable bonds is 4. The second-order valence-corrected chi connectivity index (χ2v) is 4.25. The molecule has 0 unspecified atom stereocenters. The highest BCUT2D eigenvalue weighted by Gasteiger charge is 2.27. The van der Waals surface area contributed by atoms with Crippen molar-refractivity contribution in [2.45, 2.75) is 31.8 Å². The van der Waals surface area contributed by atoms with Crippen molar-refractivity contribution in [3.05, 3.63) is 22.2 Å². The summed E-state index contributed by atoms with van der Waals surface area (Å²) in [5, 5.41) is 9.01. The fraction of sp³-hybridized carbons (Fsp3) is 0.636. The van der Waals surface area contributed by atoms with Gasteiger partial charge in [-0.15, -0.1) is 0 Å². The Balaban J connectivity index is 2.27. The largest absolute Gasteiger partial charge is 0.394 e. The molecule has 1 fully saturated rings. The van der Waals surface area contributed by atoms with Crippen molar-refractivity contribution in [1.82, 2.24) is 9.55 Å². The van der Waals surface area contributed by atoms with E-state index in [1.54, 1.807) is 13.3 Å². The minimum atomic E-state index is -0.448. The van der Waals surface area contributed by atoms with Gasteiger partial charge in [0.2, 0.25) is 0 Å². The van der Waals surface area contributed by atoms with Crippen LogP contribution in [0.15, 0.2) is 11.0 Å². The molecule has 18 heavy (non-hydrogen) atoms. The highest BCUT2D eigenvalue weighted by molar-refractivity contribution is 5.36. The molecule has 0 saturated carbocycles. The van der Waals surface area contributed by atoms with E-state index >= 15 is 0 Å². The highest BCUT2D eigenvalue weighted by atomic mass is 16.5. The molecule has 100 valence electrons. The molecule has 0 spiro atoms. The lowest BCUT2D eigenvalue weighted by Crippen LogP contribution is -2.29. The van der Waals surface area contributed by atoms with Gasteiger partial charge in [0.1, 0.15) is 12.0 Å². The first-order chi connectivity index (χ1) is 8.65. The molecule has 0 bridgehead atoms. The van der Waals surface area contributed by atoms with Gasteiger partial charge >= 0.3 is 5.69 Å². The Kier molecular flexibility index (Phi) is 3.95. The summed E-state index contributed by atoms with van der Waals surface area (Å²) >= 11 is 0. The number of methoxy groups -OCH3 is 1. The van der Waals surface area contributed by atoms with Gasteiger partial charge in [0.15, 0.2) is 0 Å². The fourth-order valence-electron chi connectivity index (χ4n) is 2.02. The monoisotopic (exact) mass is 255 g/mol. The normalized spacial score (nSPS) is 23.4. The zero-order valence-electron chi connectivity index (χ0n) is 10.2. The zero-order valence-corrected chi connectivity index (χ0v) is 10.2. The maximum absolute atomic E-state index is 11.8. The summed E-state index contributed by atoms with van der Waals surface area (Å²) in [4.78, 5) is 15.5. The molecular weight excluding hydrogens is 238 g/mol. The number of nitrogens with zero attached hydrogens (tertiary/aromatic N) is 2. The number of aliphatic hydroxyl groups is 1. The highest BCUT2D eigenvalue weighted by Crippen LogP contribution is 2.27. The Labute approximate surface area is 104 Å². The number of hydrogen-bond acceptors (Lipinski definition) is 6. The summed E-state index contributed by atoms with van der Waals surface area (Å²) in [5.41, 5.74) is 5.84.